The van der Waals surface area contributed by atoms with Crippen LogP contribution in [0, 0.1) is 0 Å². The zero-order valence-electron chi connectivity index (χ0n) is 13.4. The Morgan fingerprint density at radius 3 is 0.960 bits per heavy atom. The van der Waals surface area contributed by atoms with Crippen LogP contribution in [0.15, 0.2) is 73.1 Å². The van der Waals surface area contributed by atoms with Crippen LogP contribution in [0.25, 0.3) is 45.6 Å². The summed E-state index contributed by atoms with van der Waals surface area (Å²) in [5, 5.41) is 0. The molecule has 0 aliphatic heterocycles. The summed E-state index contributed by atoms with van der Waals surface area (Å²) < 4.78 is 0. The van der Waals surface area contributed by atoms with E-state index in [4.69, 9.17) is 0 Å². The van der Waals surface area contributed by atoms with Crippen molar-refractivity contribution in [3.05, 3.63) is 73.1 Å². The van der Waals surface area contributed by atoms with Crippen LogP contribution in [-0.2, 0) is 0 Å². The van der Waals surface area contributed by atoms with E-state index in [0.29, 0.717) is 0 Å². The molecular weight excluding hydrogens is 310 g/mol. The number of rotatable bonds is 4. The van der Waals surface area contributed by atoms with E-state index in [1.807, 2.05) is 24.5 Å². The van der Waals surface area contributed by atoms with Crippen LogP contribution in [0.2, 0.25) is 0 Å². The second kappa shape index (κ2) is 5.49. The number of aromatic amines is 5. The minimum absolute atomic E-state index is 1.06. The molecule has 5 aromatic rings. The average Bonchev–Trinajstić information content (AvgIpc) is 3.48. The zero-order chi connectivity index (χ0) is 16.6. The lowest BCUT2D eigenvalue weighted by Gasteiger charge is -1.97. The standard InChI is InChI=1S/C20H17N5/c1-3-13(21-11-1)15-5-7-17(23-15)19-9-10-20(25-19)18-8-6-16(24-18)14-4-2-12-22-14/h1-12,21-25H. The second-order valence-corrected chi connectivity index (χ2v) is 6.02. The first-order valence-electron chi connectivity index (χ1n) is 8.22. The third-order valence-electron chi connectivity index (χ3n) is 4.41. The molecule has 25 heavy (non-hydrogen) atoms. The van der Waals surface area contributed by atoms with E-state index in [9.17, 15) is 0 Å². The molecule has 5 N–H and O–H groups in total. The summed E-state index contributed by atoms with van der Waals surface area (Å²) in [4.78, 5) is 16.8. The van der Waals surface area contributed by atoms with E-state index in [0.717, 1.165) is 45.6 Å². The highest BCUT2D eigenvalue weighted by Gasteiger charge is 2.09. The van der Waals surface area contributed by atoms with E-state index in [1.54, 1.807) is 0 Å². The van der Waals surface area contributed by atoms with Gasteiger partial charge < -0.3 is 24.9 Å². The molecule has 0 saturated heterocycles. The SMILES string of the molecule is c1c[nH]c(-c2ccc(-c3ccc(-c4ccc(-c5ccc[nH]5)[nH]4)[nH]3)[nH]2)c1. The van der Waals surface area contributed by atoms with Crippen LogP contribution in [0.1, 0.15) is 0 Å². The fourth-order valence-corrected chi connectivity index (χ4v) is 3.12. The van der Waals surface area contributed by atoms with Gasteiger partial charge in [0.2, 0.25) is 0 Å². The lowest BCUT2D eigenvalue weighted by Crippen LogP contribution is -1.82. The predicted octanol–water partition coefficient (Wildman–Crippen LogP) is 5.00. The van der Waals surface area contributed by atoms with Gasteiger partial charge in [-0.25, -0.2) is 0 Å². The van der Waals surface area contributed by atoms with Crippen LogP contribution in [0.5, 0.6) is 0 Å². The molecule has 5 heteroatoms. The smallest absolute Gasteiger partial charge is 0.0624 e. The van der Waals surface area contributed by atoms with Gasteiger partial charge in [0.15, 0.2) is 0 Å². The van der Waals surface area contributed by atoms with E-state index < -0.39 is 0 Å². The molecule has 0 aromatic carbocycles. The molecule has 0 aliphatic rings. The number of nitrogens with one attached hydrogen (secondary N) is 5. The minimum atomic E-state index is 1.06. The molecule has 0 atom stereocenters. The number of hydrogen-bond acceptors (Lipinski definition) is 0. The van der Waals surface area contributed by atoms with Gasteiger partial charge in [-0.2, -0.15) is 0 Å². The third kappa shape index (κ3) is 2.42. The Morgan fingerprint density at radius 2 is 0.680 bits per heavy atom. The fourth-order valence-electron chi connectivity index (χ4n) is 3.12. The van der Waals surface area contributed by atoms with Crippen molar-refractivity contribution < 1.29 is 0 Å². The quantitative estimate of drug-likeness (QED) is 0.308. The van der Waals surface area contributed by atoms with Crippen molar-refractivity contribution in [2.24, 2.45) is 0 Å². The molecule has 0 radical (unpaired) electrons. The van der Waals surface area contributed by atoms with E-state index in [-0.39, 0.29) is 0 Å². The van der Waals surface area contributed by atoms with E-state index in [1.165, 1.54) is 0 Å². The molecule has 5 nitrogen and oxygen atoms in total. The summed E-state index contributed by atoms with van der Waals surface area (Å²) >= 11 is 0. The Bertz CT molecular complexity index is 1000. The topological polar surface area (TPSA) is 78.9 Å². The molecule has 122 valence electrons. The van der Waals surface area contributed by atoms with Crippen LogP contribution in [0.3, 0.4) is 0 Å². The van der Waals surface area contributed by atoms with Crippen LogP contribution in [0.4, 0.5) is 0 Å². The first-order valence-corrected chi connectivity index (χ1v) is 8.22. The van der Waals surface area contributed by atoms with Crippen molar-refractivity contribution in [3.63, 3.8) is 0 Å². The normalized spacial score (nSPS) is 11.2. The monoisotopic (exact) mass is 327 g/mol. The zero-order valence-corrected chi connectivity index (χ0v) is 13.4. The molecule has 0 saturated carbocycles. The maximum atomic E-state index is 3.48. The summed E-state index contributed by atoms with van der Waals surface area (Å²) in [6.07, 6.45) is 3.85. The van der Waals surface area contributed by atoms with Crippen molar-refractivity contribution >= 4 is 0 Å². The van der Waals surface area contributed by atoms with Gasteiger partial charge in [0, 0.05) is 12.4 Å². The van der Waals surface area contributed by atoms with Crippen molar-refractivity contribution in [2.45, 2.75) is 0 Å². The summed E-state index contributed by atoms with van der Waals surface area (Å²) in [7, 11) is 0. The van der Waals surface area contributed by atoms with Gasteiger partial charge in [-0.05, 0) is 60.7 Å². The summed E-state index contributed by atoms with van der Waals surface area (Å²) in [6.45, 7) is 0. The lowest BCUT2D eigenvalue weighted by atomic mass is 10.3. The van der Waals surface area contributed by atoms with E-state index in [2.05, 4.69) is 73.5 Å². The van der Waals surface area contributed by atoms with Gasteiger partial charge in [-0.15, -0.1) is 0 Å². The average molecular weight is 327 g/mol. The largest absolute Gasteiger partial charge is 0.360 e. The highest BCUT2D eigenvalue weighted by Crippen LogP contribution is 2.27. The molecule has 5 rings (SSSR count). The van der Waals surface area contributed by atoms with Crippen molar-refractivity contribution in [3.8, 4) is 45.6 Å². The molecule has 0 bridgehead atoms. The maximum Gasteiger partial charge on any atom is 0.0624 e. The molecule has 0 amide bonds. The number of H-pyrrole nitrogens is 5. The Hall–Kier alpha value is -3.60. The molecule has 0 fully saturated rings. The molecule has 0 aliphatic carbocycles. The molecular formula is C20H17N5. The Morgan fingerprint density at radius 1 is 0.360 bits per heavy atom. The van der Waals surface area contributed by atoms with Gasteiger partial charge in [-0.3, -0.25) is 0 Å². The second-order valence-electron chi connectivity index (χ2n) is 6.02. The lowest BCUT2D eigenvalue weighted by molar-refractivity contribution is 1.28. The molecule has 0 unspecified atom stereocenters. The number of aromatic nitrogens is 5. The molecule has 5 heterocycles. The summed E-state index contributed by atoms with van der Waals surface area (Å²) in [5.41, 5.74) is 8.55. The van der Waals surface area contributed by atoms with Crippen molar-refractivity contribution in [1.82, 2.24) is 24.9 Å². The molecule has 5 aromatic heterocycles. The highest BCUT2D eigenvalue weighted by atomic mass is 14.9. The Labute approximate surface area is 144 Å². The fraction of sp³-hybridized carbons (Fsp3) is 0. The Kier molecular flexibility index (Phi) is 3.03. The van der Waals surface area contributed by atoms with Crippen molar-refractivity contribution in [2.75, 3.05) is 0 Å². The van der Waals surface area contributed by atoms with Crippen LogP contribution >= 0.6 is 0 Å². The minimum Gasteiger partial charge on any atom is -0.360 e. The van der Waals surface area contributed by atoms with Gasteiger partial charge in [0.1, 0.15) is 0 Å². The van der Waals surface area contributed by atoms with Gasteiger partial charge >= 0.3 is 0 Å². The van der Waals surface area contributed by atoms with Crippen LogP contribution in [-0.4, -0.2) is 24.9 Å². The number of hydrogen-bond donors (Lipinski definition) is 5. The van der Waals surface area contributed by atoms with E-state index >= 15 is 0 Å². The maximum absolute atomic E-state index is 3.48. The molecule has 0 spiro atoms. The van der Waals surface area contributed by atoms with Gasteiger partial charge in [0.05, 0.1) is 45.6 Å². The van der Waals surface area contributed by atoms with Crippen LogP contribution < -0.4 is 0 Å². The van der Waals surface area contributed by atoms with Crippen molar-refractivity contribution in [1.29, 1.82) is 0 Å². The van der Waals surface area contributed by atoms with Gasteiger partial charge in [-0.1, -0.05) is 0 Å². The third-order valence-corrected chi connectivity index (χ3v) is 4.41. The highest BCUT2D eigenvalue weighted by molar-refractivity contribution is 5.70. The van der Waals surface area contributed by atoms with Gasteiger partial charge in [0.25, 0.3) is 0 Å². The predicted molar refractivity (Wildman–Crippen MR) is 99.9 cm³/mol. The Balaban J connectivity index is 1.44. The first kappa shape index (κ1) is 13.8. The summed E-state index contributed by atoms with van der Waals surface area (Å²) in [5.74, 6) is 0. The first-order chi connectivity index (χ1) is 12.4. The summed E-state index contributed by atoms with van der Waals surface area (Å²) in [6, 6.07) is 20.6.